The molecule has 1 aliphatic rings. The van der Waals surface area contributed by atoms with Gasteiger partial charge in [-0.2, -0.15) is 0 Å². The Morgan fingerprint density at radius 1 is 1.00 bits per heavy atom. The number of nitrogens with one attached hydrogen (secondary N) is 3. The van der Waals surface area contributed by atoms with Crippen LogP contribution in [0.4, 0.5) is 5.69 Å². The largest absolute Gasteiger partial charge is 0.507 e. The molecule has 0 radical (unpaired) electrons. The van der Waals surface area contributed by atoms with E-state index in [4.69, 9.17) is 0 Å². The summed E-state index contributed by atoms with van der Waals surface area (Å²) in [6.07, 6.45) is 1.53. The molecule has 0 aliphatic carbocycles. The number of para-hydroxylation sites is 2. The minimum absolute atomic E-state index is 0.0989. The Morgan fingerprint density at radius 2 is 1.73 bits per heavy atom. The van der Waals surface area contributed by atoms with Crippen molar-refractivity contribution in [3.63, 3.8) is 0 Å². The minimum Gasteiger partial charge on any atom is -0.507 e. The van der Waals surface area contributed by atoms with E-state index in [1.807, 2.05) is 30.3 Å². The van der Waals surface area contributed by atoms with Gasteiger partial charge in [0.1, 0.15) is 11.4 Å². The van der Waals surface area contributed by atoms with Gasteiger partial charge in [0.15, 0.2) is 0 Å². The van der Waals surface area contributed by atoms with E-state index in [2.05, 4.69) is 21.2 Å². The van der Waals surface area contributed by atoms with Crippen molar-refractivity contribution in [1.29, 1.82) is 0 Å². The first-order valence-corrected chi connectivity index (χ1v) is 6.69. The van der Waals surface area contributed by atoms with Gasteiger partial charge in [0, 0.05) is 5.56 Å². The Balaban J connectivity index is 1.73. The summed E-state index contributed by atoms with van der Waals surface area (Å²) in [5, 5.41) is 12.3. The van der Waals surface area contributed by atoms with Crippen LogP contribution in [0, 0.1) is 0 Å². The summed E-state index contributed by atoms with van der Waals surface area (Å²) in [5.41, 5.74) is 7.36. The topological polar surface area (TPSA) is 85.8 Å². The Labute approximate surface area is 127 Å². The van der Waals surface area contributed by atoms with Crippen LogP contribution in [0.2, 0.25) is 0 Å². The van der Waals surface area contributed by atoms with Crippen molar-refractivity contribution in [3.05, 3.63) is 65.9 Å². The number of hydrogen-bond donors (Lipinski definition) is 4. The number of guanidine groups is 1. The zero-order valence-electron chi connectivity index (χ0n) is 11.6. The lowest BCUT2D eigenvalue weighted by Crippen LogP contribution is -2.39. The molecule has 6 nitrogen and oxygen atoms in total. The highest BCUT2D eigenvalue weighted by Gasteiger charge is 2.20. The van der Waals surface area contributed by atoms with Crippen LogP contribution in [-0.4, -0.2) is 17.0 Å². The van der Waals surface area contributed by atoms with Crippen molar-refractivity contribution >= 4 is 23.6 Å². The molecule has 2 aromatic carbocycles. The molecule has 1 aliphatic heterocycles. The summed E-state index contributed by atoms with van der Waals surface area (Å²) in [6, 6.07) is 16.2. The number of hydrazine groups is 1. The maximum Gasteiger partial charge on any atom is 0.276 e. The van der Waals surface area contributed by atoms with Crippen LogP contribution in [0.5, 0.6) is 5.75 Å². The number of nitrogens with zero attached hydrogens (tertiary/aromatic N) is 1. The quantitative estimate of drug-likeness (QED) is 0.514. The highest BCUT2D eigenvalue weighted by atomic mass is 16.3. The number of hydrogen-bond acceptors (Lipinski definition) is 5. The molecular weight excluding hydrogens is 280 g/mol. The predicted molar refractivity (Wildman–Crippen MR) is 84.9 cm³/mol. The fourth-order valence-corrected chi connectivity index (χ4v) is 1.94. The van der Waals surface area contributed by atoms with Gasteiger partial charge in [-0.3, -0.25) is 21.0 Å². The number of benzene rings is 2. The Morgan fingerprint density at radius 3 is 2.50 bits per heavy atom. The number of carbonyl (C=O) groups is 1. The van der Waals surface area contributed by atoms with E-state index in [1.165, 1.54) is 6.08 Å². The predicted octanol–water partition coefficient (Wildman–Crippen LogP) is 1.84. The fraction of sp³-hybridized carbons (Fsp3) is 0. The molecule has 6 heteroatoms. The Hall–Kier alpha value is -3.28. The summed E-state index contributed by atoms with van der Waals surface area (Å²) < 4.78 is 0. The Kier molecular flexibility index (Phi) is 3.74. The van der Waals surface area contributed by atoms with E-state index >= 15 is 0 Å². The van der Waals surface area contributed by atoms with Gasteiger partial charge < -0.3 is 5.11 Å². The second-order valence-corrected chi connectivity index (χ2v) is 4.62. The first-order chi connectivity index (χ1) is 10.7. The average Bonchev–Trinajstić information content (AvgIpc) is 2.89. The molecule has 2 aromatic rings. The van der Waals surface area contributed by atoms with Crippen LogP contribution in [0.1, 0.15) is 5.56 Å². The number of aromatic hydroxyl groups is 1. The third-order valence-electron chi connectivity index (χ3n) is 3.02. The fourth-order valence-electron chi connectivity index (χ4n) is 1.94. The SMILES string of the molecule is O=C1NC(NNc2ccccc2)=NC1=Cc1ccccc1O. The van der Waals surface area contributed by atoms with Crippen LogP contribution in [-0.2, 0) is 4.79 Å². The first kappa shape index (κ1) is 13.7. The number of anilines is 1. The highest BCUT2D eigenvalue weighted by Crippen LogP contribution is 2.20. The number of aliphatic imine (C=N–C) groups is 1. The number of phenols is 1. The molecule has 1 heterocycles. The lowest BCUT2D eigenvalue weighted by molar-refractivity contribution is -0.115. The molecule has 0 atom stereocenters. The lowest BCUT2D eigenvalue weighted by atomic mass is 10.1. The van der Waals surface area contributed by atoms with Crippen molar-refractivity contribution < 1.29 is 9.90 Å². The zero-order valence-corrected chi connectivity index (χ0v) is 11.6. The zero-order chi connectivity index (χ0) is 15.4. The number of rotatable bonds is 3. The van der Waals surface area contributed by atoms with Crippen LogP contribution < -0.4 is 16.2 Å². The second-order valence-electron chi connectivity index (χ2n) is 4.62. The molecule has 110 valence electrons. The van der Waals surface area contributed by atoms with Gasteiger partial charge in [0.2, 0.25) is 5.96 Å². The molecule has 0 unspecified atom stereocenters. The molecule has 0 saturated heterocycles. The molecular formula is C16H14N4O2. The van der Waals surface area contributed by atoms with Gasteiger partial charge in [0.05, 0.1) is 5.69 Å². The molecule has 0 bridgehead atoms. The summed E-state index contributed by atoms with van der Waals surface area (Å²) in [6.45, 7) is 0. The standard InChI is InChI=1S/C16H14N4O2/c21-14-9-5-4-6-11(14)10-13-15(22)18-16(17-13)20-19-12-7-2-1-3-8-12/h1-10,19,21H,(H2,17,18,20,22). The van der Waals surface area contributed by atoms with Gasteiger partial charge in [-0.15, -0.1) is 0 Å². The Bertz CT molecular complexity index is 754. The number of amides is 1. The molecule has 3 rings (SSSR count). The molecule has 1 amide bonds. The minimum atomic E-state index is -0.333. The van der Waals surface area contributed by atoms with Crippen LogP contribution >= 0.6 is 0 Å². The third kappa shape index (κ3) is 3.06. The lowest BCUT2D eigenvalue weighted by Gasteiger charge is -2.07. The molecule has 22 heavy (non-hydrogen) atoms. The maximum atomic E-state index is 11.9. The van der Waals surface area contributed by atoms with Gasteiger partial charge in [-0.25, -0.2) is 4.99 Å². The molecule has 0 saturated carbocycles. The monoisotopic (exact) mass is 294 g/mol. The van der Waals surface area contributed by atoms with Crippen molar-refractivity contribution in [2.75, 3.05) is 5.43 Å². The summed E-state index contributed by atoms with van der Waals surface area (Å²) >= 11 is 0. The van der Waals surface area contributed by atoms with E-state index < -0.39 is 0 Å². The molecule has 0 fully saturated rings. The van der Waals surface area contributed by atoms with Gasteiger partial charge in [-0.05, 0) is 24.3 Å². The van der Waals surface area contributed by atoms with E-state index in [0.717, 1.165) is 5.69 Å². The highest BCUT2D eigenvalue weighted by molar-refractivity contribution is 6.13. The second kappa shape index (κ2) is 6.01. The molecule has 0 aromatic heterocycles. The van der Waals surface area contributed by atoms with E-state index in [1.54, 1.807) is 24.3 Å². The van der Waals surface area contributed by atoms with Crippen molar-refractivity contribution in [3.8, 4) is 5.75 Å². The molecule has 4 N–H and O–H groups in total. The summed E-state index contributed by atoms with van der Waals surface area (Å²) in [4.78, 5) is 16.0. The van der Waals surface area contributed by atoms with Crippen LogP contribution in [0.15, 0.2) is 65.3 Å². The van der Waals surface area contributed by atoms with E-state index in [-0.39, 0.29) is 17.4 Å². The van der Waals surface area contributed by atoms with Crippen LogP contribution in [0.25, 0.3) is 6.08 Å². The van der Waals surface area contributed by atoms with E-state index in [9.17, 15) is 9.90 Å². The third-order valence-corrected chi connectivity index (χ3v) is 3.02. The molecule has 0 spiro atoms. The summed E-state index contributed by atoms with van der Waals surface area (Å²) in [7, 11) is 0. The normalized spacial score (nSPS) is 15.4. The van der Waals surface area contributed by atoms with Gasteiger partial charge in [-0.1, -0.05) is 36.4 Å². The van der Waals surface area contributed by atoms with E-state index in [0.29, 0.717) is 11.5 Å². The van der Waals surface area contributed by atoms with Gasteiger partial charge in [0.25, 0.3) is 5.91 Å². The number of phenolic OH excluding ortho intramolecular Hbond substituents is 1. The number of carbonyl (C=O) groups excluding carboxylic acids is 1. The first-order valence-electron chi connectivity index (χ1n) is 6.69. The summed E-state index contributed by atoms with van der Waals surface area (Å²) in [5.74, 6) is 0.0676. The van der Waals surface area contributed by atoms with Crippen molar-refractivity contribution in [2.24, 2.45) is 4.99 Å². The van der Waals surface area contributed by atoms with Crippen LogP contribution in [0.3, 0.4) is 0 Å². The van der Waals surface area contributed by atoms with Crippen molar-refractivity contribution in [1.82, 2.24) is 10.7 Å². The average molecular weight is 294 g/mol. The van der Waals surface area contributed by atoms with Crippen molar-refractivity contribution in [2.45, 2.75) is 0 Å². The maximum absolute atomic E-state index is 11.9. The smallest absolute Gasteiger partial charge is 0.276 e. The van der Waals surface area contributed by atoms with Gasteiger partial charge >= 0.3 is 0 Å².